The number of aromatic nitrogens is 1. The van der Waals surface area contributed by atoms with Crippen molar-refractivity contribution in [1.29, 1.82) is 0 Å². The average Bonchev–Trinajstić information content (AvgIpc) is 2.97. The highest BCUT2D eigenvalue weighted by Crippen LogP contribution is 2.22. The van der Waals surface area contributed by atoms with Gasteiger partial charge in [-0.15, -0.1) is 0 Å². The van der Waals surface area contributed by atoms with E-state index in [0.29, 0.717) is 0 Å². The molecule has 0 aliphatic heterocycles. The van der Waals surface area contributed by atoms with E-state index in [-0.39, 0.29) is 0 Å². The molecule has 3 heteroatoms. The van der Waals surface area contributed by atoms with Crippen molar-refractivity contribution in [2.24, 2.45) is 0 Å². The minimum absolute atomic E-state index is 0.846. The van der Waals surface area contributed by atoms with Crippen molar-refractivity contribution in [3.05, 3.63) is 65.4 Å². The van der Waals surface area contributed by atoms with Crippen LogP contribution in [0.5, 0.6) is 5.75 Å². The largest absolute Gasteiger partial charge is 0.497 e. The highest BCUT2D eigenvalue weighted by Gasteiger charge is 2.06. The number of ether oxygens (including phenoxy) is 1. The minimum atomic E-state index is 0.846. The smallest absolute Gasteiger partial charge is 0.119 e. The van der Waals surface area contributed by atoms with Crippen molar-refractivity contribution >= 4 is 10.9 Å². The summed E-state index contributed by atoms with van der Waals surface area (Å²) in [7, 11) is 3.67. The first-order valence-corrected chi connectivity index (χ1v) is 7.16. The van der Waals surface area contributed by atoms with Crippen LogP contribution in [0.25, 0.3) is 10.9 Å². The number of H-pyrrole nitrogens is 1. The van der Waals surface area contributed by atoms with Gasteiger partial charge in [-0.2, -0.15) is 0 Å². The van der Waals surface area contributed by atoms with E-state index in [2.05, 4.69) is 46.7 Å². The fraction of sp³-hybridized carbons (Fsp3) is 0.222. The summed E-state index contributed by atoms with van der Waals surface area (Å²) in [5.74, 6) is 0.907. The number of aromatic amines is 1. The van der Waals surface area contributed by atoms with Gasteiger partial charge in [-0.3, -0.25) is 0 Å². The molecule has 2 N–H and O–H groups in total. The second kappa shape index (κ2) is 6.02. The topological polar surface area (TPSA) is 37.0 Å². The van der Waals surface area contributed by atoms with E-state index in [0.717, 1.165) is 18.7 Å². The van der Waals surface area contributed by atoms with Gasteiger partial charge in [0.1, 0.15) is 5.75 Å². The average molecular weight is 280 g/mol. The van der Waals surface area contributed by atoms with Crippen LogP contribution in [0.1, 0.15) is 16.7 Å². The Bertz CT molecular complexity index is 746. The first-order chi connectivity index (χ1) is 10.3. The summed E-state index contributed by atoms with van der Waals surface area (Å²) < 4.78 is 5.32. The minimum Gasteiger partial charge on any atom is -0.497 e. The Labute approximate surface area is 125 Å². The lowest BCUT2D eigenvalue weighted by molar-refractivity contribution is 0.414. The second-order valence-electron chi connectivity index (χ2n) is 5.24. The Kier molecular flexibility index (Phi) is 3.93. The number of rotatable bonds is 5. The maximum absolute atomic E-state index is 5.32. The van der Waals surface area contributed by atoms with E-state index in [1.165, 1.54) is 27.6 Å². The molecule has 0 amide bonds. The van der Waals surface area contributed by atoms with Gasteiger partial charge >= 0.3 is 0 Å². The zero-order valence-electron chi connectivity index (χ0n) is 12.4. The van der Waals surface area contributed by atoms with Crippen molar-refractivity contribution in [1.82, 2.24) is 10.3 Å². The van der Waals surface area contributed by atoms with Gasteiger partial charge in [-0.25, -0.2) is 0 Å². The van der Waals surface area contributed by atoms with Crippen LogP contribution in [0.4, 0.5) is 0 Å². The third kappa shape index (κ3) is 2.93. The van der Waals surface area contributed by atoms with Crippen LogP contribution in [0, 0.1) is 0 Å². The summed E-state index contributed by atoms with van der Waals surface area (Å²) >= 11 is 0. The Balaban J connectivity index is 1.92. The molecule has 3 rings (SSSR count). The molecular formula is C18H20N2O. The zero-order valence-corrected chi connectivity index (χ0v) is 12.4. The zero-order chi connectivity index (χ0) is 14.7. The Hall–Kier alpha value is -2.26. The third-order valence-corrected chi connectivity index (χ3v) is 3.79. The van der Waals surface area contributed by atoms with E-state index in [4.69, 9.17) is 4.74 Å². The van der Waals surface area contributed by atoms with Crippen molar-refractivity contribution in [3.63, 3.8) is 0 Å². The SMILES string of the molecule is CNCc1cc(OC)ccc1Cc1ccc2[nH]ccc2c1. The molecule has 2 aromatic carbocycles. The Morgan fingerprint density at radius 1 is 1.05 bits per heavy atom. The van der Waals surface area contributed by atoms with Gasteiger partial charge in [0.05, 0.1) is 7.11 Å². The monoisotopic (exact) mass is 280 g/mol. The van der Waals surface area contributed by atoms with E-state index < -0.39 is 0 Å². The molecule has 0 saturated heterocycles. The second-order valence-corrected chi connectivity index (χ2v) is 5.24. The van der Waals surface area contributed by atoms with Gasteiger partial charge in [0, 0.05) is 18.3 Å². The first-order valence-electron chi connectivity index (χ1n) is 7.16. The van der Waals surface area contributed by atoms with Crippen LogP contribution in [0.15, 0.2) is 48.7 Å². The molecule has 1 aromatic heterocycles. The van der Waals surface area contributed by atoms with Gasteiger partial charge < -0.3 is 15.0 Å². The molecule has 3 aromatic rings. The molecule has 0 bridgehead atoms. The van der Waals surface area contributed by atoms with Crippen LogP contribution >= 0.6 is 0 Å². The van der Waals surface area contributed by atoms with Gasteiger partial charge in [-0.1, -0.05) is 12.1 Å². The van der Waals surface area contributed by atoms with Crippen LogP contribution in [-0.2, 0) is 13.0 Å². The van der Waals surface area contributed by atoms with Crippen LogP contribution in [0.3, 0.4) is 0 Å². The molecule has 0 aliphatic rings. The molecular weight excluding hydrogens is 260 g/mol. The number of hydrogen-bond acceptors (Lipinski definition) is 2. The van der Waals surface area contributed by atoms with Crippen LogP contribution in [-0.4, -0.2) is 19.1 Å². The maximum Gasteiger partial charge on any atom is 0.119 e. The van der Waals surface area contributed by atoms with Crippen molar-refractivity contribution in [3.8, 4) is 5.75 Å². The molecule has 0 spiro atoms. The molecule has 0 aliphatic carbocycles. The predicted molar refractivity (Wildman–Crippen MR) is 86.9 cm³/mol. The van der Waals surface area contributed by atoms with E-state index in [1.54, 1.807) is 7.11 Å². The summed E-state index contributed by atoms with van der Waals surface area (Å²) in [4.78, 5) is 3.23. The summed E-state index contributed by atoms with van der Waals surface area (Å²) in [6.45, 7) is 0.846. The molecule has 21 heavy (non-hydrogen) atoms. The molecule has 0 atom stereocenters. The maximum atomic E-state index is 5.32. The molecule has 0 fully saturated rings. The van der Waals surface area contributed by atoms with E-state index in [1.807, 2.05) is 19.3 Å². The third-order valence-electron chi connectivity index (χ3n) is 3.79. The number of benzene rings is 2. The molecule has 1 heterocycles. The molecule has 0 saturated carbocycles. The standard InChI is InChI=1S/C18H20N2O/c1-19-12-16-11-17(21-2)5-4-14(16)9-13-3-6-18-15(10-13)7-8-20-18/h3-8,10-11,19-20H,9,12H2,1-2H3. The molecule has 108 valence electrons. The van der Waals surface area contributed by atoms with Gasteiger partial charge in [0.15, 0.2) is 0 Å². The first kappa shape index (κ1) is 13.7. The van der Waals surface area contributed by atoms with Crippen molar-refractivity contribution in [2.45, 2.75) is 13.0 Å². The highest BCUT2D eigenvalue weighted by molar-refractivity contribution is 5.80. The predicted octanol–water partition coefficient (Wildman–Crippen LogP) is 3.49. The lowest BCUT2D eigenvalue weighted by Crippen LogP contribution is -2.08. The lowest BCUT2D eigenvalue weighted by atomic mass is 9.98. The molecule has 0 radical (unpaired) electrons. The quantitative estimate of drug-likeness (QED) is 0.750. The summed E-state index contributed by atoms with van der Waals surface area (Å²) in [6.07, 6.45) is 2.91. The summed E-state index contributed by atoms with van der Waals surface area (Å²) in [5, 5.41) is 4.49. The van der Waals surface area contributed by atoms with Gasteiger partial charge in [-0.05, 0) is 65.9 Å². The van der Waals surface area contributed by atoms with Gasteiger partial charge in [0.2, 0.25) is 0 Å². The number of methoxy groups -OCH3 is 1. The fourth-order valence-corrected chi connectivity index (χ4v) is 2.69. The summed E-state index contributed by atoms with van der Waals surface area (Å²) in [6, 6.07) is 15.0. The van der Waals surface area contributed by atoms with Crippen molar-refractivity contribution in [2.75, 3.05) is 14.2 Å². The van der Waals surface area contributed by atoms with E-state index in [9.17, 15) is 0 Å². The molecule has 3 nitrogen and oxygen atoms in total. The number of nitrogens with one attached hydrogen (secondary N) is 2. The van der Waals surface area contributed by atoms with Crippen molar-refractivity contribution < 1.29 is 4.74 Å². The summed E-state index contributed by atoms with van der Waals surface area (Å²) in [5.41, 5.74) is 5.12. The molecule has 0 unspecified atom stereocenters. The van der Waals surface area contributed by atoms with Crippen LogP contribution in [0.2, 0.25) is 0 Å². The number of hydrogen-bond donors (Lipinski definition) is 2. The lowest BCUT2D eigenvalue weighted by Gasteiger charge is -2.11. The van der Waals surface area contributed by atoms with Crippen LogP contribution < -0.4 is 10.1 Å². The fourth-order valence-electron chi connectivity index (χ4n) is 2.69. The normalized spacial score (nSPS) is 11.0. The highest BCUT2D eigenvalue weighted by atomic mass is 16.5. The Morgan fingerprint density at radius 2 is 1.95 bits per heavy atom. The van der Waals surface area contributed by atoms with Gasteiger partial charge in [0.25, 0.3) is 0 Å². The Morgan fingerprint density at radius 3 is 2.76 bits per heavy atom. The van der Waals surface area contributed by atoms with E-state index >= 15 is 0 Å². The number of fused-ring (bicyclic) bond motifs is 1.